The number of nitrogens with one attached hydrogen (secondary N) is 4. The van der Waals surface area contributed by atoms with Crippen LogP contribution in [0.4, 0.5) is 0 Å². The van der Waals surface area contributed by atoms with Crippen molar-refractivity contribution in [2.45, 2.75) is 57.7 Å². The van der Waals surface area contributed by atoms with E-state index in [0.29, 0.717) is 12.1 Å². The Morgan fingerprint density at radius 3 is 2.85 bits per heavy atom. The molecule has 4 N–H and O–H groups in total. The number of hydrogen-bond acceptors (Lipinski definition) is 5. The third-order valence-corrected chi connectivity index (χ3v) is 6.07. The van der Waals surface area contributed by atoms with Gasteiger partial charge in [0.1, 0.15) is 0 Å². The predicted molar refractivity (Wildman–Crippen MR) is 98.0 cm³/mol. The van der Waals surface area contributed by atoms with Crippen LogP contribution in [0.25, 0.3) is 0 Å². The molecule has 2 fully saturated rings. The molecule has 0 aliphatic carbocycles. The number of piperidine rings is 2. The zero-order valence-electron chi connectivity index (χ0n) is 15.6. The van der Waals surface area contributed by atoms with E-state index in [-0.39, 0.29) is 48.2 Å². The van der Waals surface area contributed by atoms with Gasteiger partial charge in [-0.05, 0) is 39.7 Å². The average molecular weight is 359 g/mol. The van der Waals surface area contributed by atoms with E-state index >= 15 is 0 Å². The van der Waals surface area contributed by atoms with Gasteiger partial charge in [0.15, 0.2) is 0 Å². The van der Waals surface area contributed by atoms with Crippen LogP contribution in [0, 0.1) is 23.2 Å². The summed E-state index contributed by atoms with van der Waals surface area (Å²) in [5, 5.41) is 21.8. The lowest BCUT2D eigenvalue weighted by atomic mass is 9.81. The molecule has 3 aliphatic rings. The van der Waals surface area contributed by atoms with Gasteiger partial charge >= 0.3 is 0 Å². The molecule has 0 aromatic heterocycles. The molecule has 7 heteroatoms. The molecule has 4 unspecified atom stereocenters. The Bertz CT molecular complexity index is 630. The highest BCUT2D eigenvalue weighted by molar-refractivity contribution is 6.00. The number of nitrogens with zero attached hydrogens (tertiary/aromatic N) is 1. The first-order chi connectivity index (χ1) is 12.5. The number of rotatable bonds is 4. The SMILES string of the molecule is CC1=C(CC(=O)N[C@@H](C)C2CCC(C#N)CN2)C(=O)NC2CCNCC12. The summed E-state index contributed by atoms with van der Waals surface area (Å²) < 4.78 is 0. The van der Waals surface area contributed by atoms with Crippen molar-refractivity contribution in [2.24, 2.45) is 11.8 Å². The van der Waals surface area contributed by atoms with E-state index in [0.717, 1.165) is 37.9 Å². The molecule has 0 aromatic rings. The fourth-order valence-electron chi connectivity index (χ4n) is 4.35. The molecule has 0 spiro atoms. The van der Waals surface area contributed by atoms with Crippen LogP contribution >= 0.6 is 0 Å². The maximum atomic E-state index is 12.5. The van der Waals surface area contributed by atoms with Crippen molar-refractivity contribution in [2.75, 3.05) is 19.6 Å². The second-order valence-corrected chi connectivity index (χ2v) is 7.79. The van der Waals surface area contributed by atoms with Crippen LogP contribution in [0.3, 0.4) is 0 Å². The predicted octanol–water partition coefficient (Wildman–Crippen LogP) is 0.197. The molecular formula is C19H29N5O2. The molecular weight excluding hydrogens is 330 g/mol. The smallest absolute Gasteiger partial charge is 0.247 e. The van der Waals surface area contributed by atoms with E-state index in [1.807, 2.05) is 13.8 Å². The maximum absolute atomic E-state index is 12.5. The first kappa shape index (κ1) is 18.9. The van der Waals surface area contributed by atoms with Crippen molar-refractivity contribution in [3.63, 3.8) is 0 Å². The van der Waals surface area contributed by atoms with Crippen molar-refractivity contribution >= 4 is 11.8 Å². The molecule has 3 heterocycles. The van der Waals surface area contributed by atoms with E-state index in [4.69, 9.17) is 5.26 Å². The van der Waals surface area contributed by atoms with Crippen molar-refractivity contribution in [1.29, 1.82) is 5.26 Å². The second kappa shape index (κ2) is 8.19. The summed E-state index contributed by atoms with van der Waals surface area (Å²) in [4.78, 5) is 25.0. The third kappa shape index (κ3) is 4.08. The van der Waals surface area contributed by atoms with Gasteiger partial charge in [-0.1, -0.05) is 5.57 Å². The molecule has 26 heavy (non-hydrogen) atoms. The molecule has 0 radical (unpaired) electrons. The highest BCUT2D eigenvalue weighted by Gasteiger charge is 2.36. The van der Waals surface area contributed by atoms with Crippen molar-refractivity contribution in [1.82, 2.24) is 21.3 Å². The van der Waals surface area contributed by atoms with Gasteiger partial charge in [0, 0.05) is 42.7 Å². The highest BCUT2D eigenvalue weighted by Crippen LogP contribution is 2.28. The largest absolute Gasteiger partial charge is 0.352 e. The minimum atomic E-state index is -0.117. The number of carbonyl (C=O) groups excluding carboxylic acids is 2. The molecule has 7 nitrogen and oxygen atoms in total. The zero-order valence-corrected chi connectivity index (χ0v) is 15.6. The molecule has 5 atom stereocenters. The van der Waals surface area contributed by atoms with Crippen LogP contribution in [-0.4, -0.2) is 49.6 Å². The summed E-state index contributed by atoms with van der Waals surface area (Å²) in [6, 6.07) is 2.62. The molecule has 2 amide bonds. The maximum Gasteiger partial charge on any atom is 0.247 e. The van der Waals surface area contributed by atoms with Crippen LogP contribution in [-0.2, 0) is 9.59 Å². The average Bonchev–Trinajstić information content (AvgIpc) is 2.65. The fraction of sp³-hybridized carbons (Fsp3) is 0.737. The lowest BCUT2D eigenvalue weighted by Crippen LogP contribution is -2.54. The molecule has 0 bridgehead atoms. The Kier molecular flexibility index (Phi) is 5.94. The van der Waals surface area contributed by atoms with Gasteiger partial charge < -0.3 is 21.3 Å². The highest BCUT2D eigenvalue weighted by atomic mass is 16.2. The second-order valence-electron chi connectivity index (χ2n) is 7.79. The molecule has 0 saturated carbocycles. The van der Waals surface area contributed by atoms with E-state index in [1.165, 1.54) is 0 Å². The molecule has 2 saturated heterocycles. The zero-order chi connectivity index (χ0) is 18.7. The Hall–Kier alpha value is -1.91. The van der Waals surface area contributed by atoms with Gasteiger partial charge in [-0.15, -0.1) is 0 Å². The third-order valence-electron chi connectivity index (χ3n) is 6.07. The molecule has 142 valence electrons. The number of fused-ring (bicyclic) bond motifs is 1. The van der Waals surface area contributed by atoms with Crippen LogP contribution < -0.4 is 21.3 Å². The van der Waals surface area contributed by atoms with E-state index in [9.17, 15) is 9.59 Å². The van der Waals surface area contributed by atoms with Gasteiger partial charge in [0.25, 0.3) is 0 Å². The number of hydrogen-bond donors (Lipinski definition) is 4. The summed E-state index contributed by atoms with van der Waals surface area (Å²) >= 11 is 0. The summed E-state index contributed by atoms with van der Waals surface area (Å²) in [5.41, 5.74) is 1.65. The Morgan fingerprint density at radius 1 is 1.35 bits per heavy atom. The summed E-state index contributed by atoms with van der Waals surface area (Å²) in [5.74, 6) is 0.129. The van der Waals surface area contributed by atoms with Gasteiger partial charge in [-0.3, -0.25) is 9.59 Å². The van der Waals surface area contributed by atoms with E-state index in [1.54, 1.807) is 0 Å². The molecule has 3 aliphatic heterocycles. The quantitative estimate of drug-likeness (QED) is 0.574. The van der Waals surface area contributed by atoms with Crippen LogP contribution in [0.5, 0.6) is 0 Å². The molecule has 0 aromatic carbocycles. The van der Waals surface area contributed by atoms with E-state index < -0.39 is 0 Å². The number of nitriles is 1. The topological polar surface area (TPSA) is 106 Å². The fourth-order valence-corrected chi connectivity index (χ4v) is 4.35. The summed E-state index contributed by atoms with van der Waals surface area (Å²) in [7, 11) is 0. The minimum Gasteiger partial charge on any atom is -0.352 e. The Labute approximate surface area is 155 Å². The van der Waals surface area contributed by atoms with Crippen LogP contribution in [0.15, 0.2) is 11.1 Å². The first-order valence-corrected chi connectivity index (χ1v) is 9.63. The lowest BCUT2D eigenvalue weighted by molar-refractivity contribution is -0.124. The van der Waals surface area contributed by atoms with Crippen LogP contribution in [0.1, 0.15) is 39.5 Å². The first-order valence-electron chi connectivity index (χ1n) is 9.63. The van der Waals surface area contributed by atoms with Crippen molar-refractivity contribution < 1.29 is 9.59 Å². The Balaban J connectivity index is 1.57. The molecule has 3 rings (SSSR count). The lowest BCUT2D eigenvalue weighted by Gasteiger charge is -2.38. The van der Waals surface area contributed by atoms with Crippen molar-refractivity contribution in [3.05, 3.63) is 11.1 Å². The monoisotopic (exact) mass is 359 g/mol. The van der Waals surface area contributed by atoms with Gasteiger partial charge in [0.05, 0.1) is 18.4 Å². The Morgan fingerprint density at radius 2 is 2.15 bits per heavy atom. The van der Waals surface area contributed by atoms with Gasteiger partial charge in [0.2, 0.25) is 11.8 Å². The standard InChI is InChI=1S/C19H29N5O2/c1-11-14(19(26)24-17-5-6-21-10-15(11)17)7-18(25)23-12(2)16-4-3-13(8-20)9-22-16/h12-13,15-17,21-22H,3-7,9-10H2,1-2H3,(H,23,25)(H,24,26)/t12-,13?,15?,16?,17?/m0/s1. The summed E-state index contributed by atoms with van der Waals surface area (Å²) in [6.07, 6.45) is 2.79. The van der Waals surface area contributed by atoms with E-state index in [2.05, 4.69) is 27.3 Å². The van der Waals surface area contributed by atoms with Crippen molar-refractivity contribution in [3.8, 4) is 6.07 Å². The summed E-state index contributed by atoms with van der Waals surface area (Å²) in [6.45, 7) is 6.41. The number of amides is 2. The van der Waals surface area contributed by atoms with Gasteiger partial charge in [-0.2, -0.15) is 5.26 Å². The minimum absolute atomic E-state index is 0.0289. The normalized spacial score (nSPS) is 32.9. The van der Waals surface area contributed by atoms with Crippen LogP contribution in [0.2, 0.25) is 0 Å². The number of carbonyl (C=O) groups is 2. The van der Waals surface area contributed by atoms with Gasteiger partial charge in [-0.25, -0.2) is 0 Å².